The summed E-state index contributed by atoms with van der Waals surface area (Å²) in [6.45, 7) is -0.346. The molecule has 3 aromatic rings. The average Bonchev–Trinajstić information content (AvgIpc) is 3.23. The van der Waals surface area contributed by atoms with E-state index in [-0.39, 0.29) is 23.7 Å². The van der Waals surface area contributed by atoms with Gasteiger partial charge in [-0.05, 0) is 29.8 Å². The van der Waals surface area contributed by atoms with E-state index in [0.717, 1.165) is 0 Å². The van der Waals surface area contributed by atoms with Crippen molar-refractivity contribution in [3.8, 4) is 17.2 Å². The van der Waals surface area contributed by atoms with E-state index in [1.54, 1.807) is 42.5 Å². The molecule has 9 heteroatoms. The van der Waals surface area contributed by atoms with Crippen molar-refractivity contribution in [1.82, 2.24) is 0 Å². The number of esters is 2. The van der Waals surface area contributed by atoms with Crippen LogP contribution in [0.3, 0.4) is 0 Å². The smallest absolute Gasteiger partial charge is 0.348 e. The highest BCUT2D eigenvalue weighted by Gasteiger charge is 2.45. The van der Waals surface area contributed by atoms with Gasteiger partial charge in [0.1, 0.15) is 11.3 Å². The fourth-order valence-corrected chi connectivity index (χ4v) is 3.71. The minimum atomic E-state index is -1.12. The predicted octanol–water partition coefficient (Wildman–Crippen LogP) is 2.42. The third kappa shape index (κ3) is 3.62. The Morgan fingerprint density at radius 3 is 2.50 bits per heavy atom. The normalized spacial score (nSPS) is 16.7. The van der Waals surface area contributed by atoms with Gasteiger partial charge in [0.25, 0.3) is 0 Å². The molecule has 0 saturated heterocycles. The monoisotopic (exact) mass is 440 g/mol. The van der Waals surface area contributed by atoms with Gasteiger partial charge in [0.15, 0.2) is 18.1 Å². The summed E-state index contributed by atoms with van der Waals surface area (Å²) in [6.07, 6.45) is -1.12. The molecule has 0 amide bonds. The van der Waals surface area contributed by atoms with Crippen molar-refractivity contribution in [3.05, 3.63) is 64.0 Å². The van der Waals surface area contributed by atoms with Crippen molar-refractivity contribution >= 4 is 22.9 Å². The van der Waals surface area contributed by atoms with Gasteiger partial charge in [-0.1, -0.05) is 18.2 Å². The molecule has 0 fully saturated rings. The molecule has 4 rings (SSSR count). The van der Waals surface area contributed by atoms with Crippen molar-refractivity contribution < 1.29 is 37.7 Å². The van der Waals surface area contributed by atoms with Gasteiger partial charge in [-0.25, -0.2) is 14.4 Å². The molecule has 1 aliphatic rings. The van der Waals surface area contributed by atoms with Crippen LogP contribution in [0.4, 0.5) is 0 Å². The lowest BCUT2D eigenvalue weighted by Gasteiger charge is -2.18. The maximum atomic E-state index is 12.9. The third-order valence-electron chi connectivity index (χ3n) is 5.21. The van der Waals surface area contributed by atoms with Crippen LogP contribution in [-0.2, 0) is 19.1 Å². The molecule has 2 heterocycles. The van der Waals surface area contributed by atoms with Gasteiger partial charge in [0, 0.05) is 0 Å². The SMILES string of the molecule is COC(=O)COc1cc([C@@H]2c3c(c4ccccc4oc3=O)O[C@@H]2C(=O)OC)ccc1OC. The second-order valence-corrected chi connectivity index (χ2v) is 6.94. The zero-order valence-corrected chi connectivity index (χ0v) is 17.6. The Kier molecular flexibility index (Phi) is 5.72. The van der Waals surface area contributed by atoms with Crippen LogP contribution >= 0.6 is 0 Å². The Balaban J connectivity index is 1.86. The van der Waals surface area contributed by atoms with Gasteiger partial charge >= 0.3 is 17.6 Å². The van der Waals surface area contributed by atoms with E-state index >= 15 is 0 Å². The summed E-state index contributed by atoms with van der Waals surface area (Å²) in [4.78, 5) is 37.0. The van der Waals surface area contributed by atoms with E-state index in [0.29, 0.717) is 22.3 Å². The maximum Gasteiger partial charge on any atom is 0.348 e. The highest BCUT2D eigenvalue weighted by molar-refractivity contribution is 5.88. The van der Waals surface area contributed by atoms with Crippen molar-refractivity contribution in [3.63, 3.8) is 0 Å². The number of ether oxygens (including phenoxy) is 5. The quantitative estimate of drug-likeness (QED) is 0.421. The summed E-state index contributed by atoms with van der Waals surface area (Å²) >= 11 is 0. The Hall–Kier alpha value is -4.01. The molecule has 0 saturated carbocycles. The molecule has 2 atom stereocenters. The predicted molar refractivity (Wildman–Crippen MR) is 111 cm³/mol. The van der Waals surface area contributed by atoms with E-state index in [9.17, 15) is 14.4 Å². The highest BCUT2D eigenvalue weighted by Crippen LogP contribution is 2.46. The first-order chi connectivity index (χ1) is 15.5. The fourth-order valence-electron chi connectivity index (χ4n) is 3.71. The van der Waals surface area contributed by atoms with Crippen LogP contribution in [0.1, 0.15) is 17.0 Å². The van der Waals surface area contributed by atoms with Crippen molar-refractivity contribution in [2.75, 3.05) is 27.9 Å². The highest BCUT2D eigenvalue weighted by atomic mass is 16.6. The van der Waals surface area contributed by atoms with Crippen LogP contribution in [0, 0.1) is 0 Å². The van der Waals surface area contributed by atoms with Gasteiger partial charge in [0.05, 0.1) is 38.2 Å². The Bertz CT molecular complexity index is 1240. The molecule has 2 aromatic carbocycles. The van der Waals surface area contributed by atoms with Crippen LogP contribution in [0.15, 0.2) is 51.7 Å². The Morgan fingerprint density at radius 1 is 1.00 bits per heavy atom. The molecule has 1 aliphatic heterocycles. The molecule has 166 valence electrons. The third-order valence-corrected chi connectivity index (χ3v) is 5.21. The van der Waals surface area contributed by atoms with Crippen LogP contribution < -0.4 is 19.8 Å². The average molecular weight is 440 g/mol. The number of carbonyl (C=O) groups is 2. The van der Waals surface area contributed by atoms with Gasteiger partial charge in [-0.3, -0.25) is 0 Å². The van der Waals surface area contributed by atoms with Crippen molar-refractivity contribution in [1.29, 1.82) is 0 Å². The second-order valence-electron chi connectivity index (χ2n) is 6.94. The van der Waals surface area contributed by atoms with E-state index in [1.165, 1.54) is 21.3 Å². The number of para-hydroxylation sites is 1. The number of hydrogen-bond acceptors (Lipinski definition) is 9. The van der Waals surface area contributed by atoms with Crippen molar-refractivity contribution in [2.24, 2.45) is 0 Å². The minimum absolute atomic E-state index is 0.197. The molecule has 1 aromatic heterocycles. The molecule has 0 N–H and O–H groups in total. The molecule has 0 spiro atoms. The lowest BCUT2D eigenvalue weighted by atomic mass is 9.88. The largest absolute Gasteiger partial charge is 0.493 e. The van der Waals surface area contributed by atoms with Gasteiger partial charge < -0.3 is 28.1 Å². The number of carbonyl (C=O) groups excluding carboxylic acids is 2. The van der Waals surface area contributed by atoms with Crippen LogP contribution in [0.25, 0.3) is 11.0 Å². The summed E-state index contributed by atoms with van der Waals surface area (Å²) < 4.78 is 31.8. The zero-order chi connectivity index (χ0) is 22.8. The summed E-state index contributed by atoms with van der Waals surface area (Å²) in [5.74, 6) is -1.20. The zero-order valence-electron chi connectivity index (χ0n) is 17.6. The number of hydrogen-bond donors (Lipinski definition) is 0. The van der Waals surface area contributed by atoms with Crippen LogP contribution in [0.2, 0.25) is 0 Å². The molecule has 0 radical (unpaired) electrons. The summed E-state index contributed by atoms with van der Waals surface area (Å²) in [6, 6.07) is 11.8. The second kappa shape index (κ2) is 8.62. The van der Waals surface area contributed by atoms with E-state index in [1.807, 2.05) is 0 Å². The number of rotatable bonds is 6. The molecular formula is C23H20O9. The minimum Gasteiger partial charge on any atom is -0.493 e. The standard InChI is InChI=1S/C23H20O9/c1-27-15-9-8-12(10-16(15)30-11-17(24)28-2)18-19-20(32-21(18)23(26)29-3)13-6-4-5-7-14(13)31-22(19)25/h4-10,18,21H,11H2,1-3H3/t18-,21+/m1/s1. The summed E-state index contributed by atoms with van der Waals surface area (Å²) in [5, 5.41) is 0.564. The summed E-state index contributed by atoms with van der Waals surface area (Å²) in [7, 11) is 3.94. The molecular weight excluding hydrogens is 420 g/mol. The molecule has 0 bridgehead atoms. The fraction of sp³-hybridized carbons (Fsp3) is 0.261. The van der Waals surface area contributed by atoms with Crippen molar-refractivity contribution in [2.45, 2.75) is 12.0 Å². The topological polar surface area (TPSA) is 111 Å². The Morgan fingerprint density at radius 2 is 1.78 bits per heavy atom. The van der Waals surface area contributed by atoms with E-state index < -0.39 is 29.6 Å². The summed E-state index contributed by atoms with van der Waals surface area (Å²) in [5.41, 5.74) is 0.436. The molecule has 32 heavy (non-hydrogen) atoms. The van der Waals surface area contributed by atoms with Gasteiger partial charge in [-0.2, -0.15) is 0 Å². The first-order valence-corrected chi connectivity index (χ1v) is 9.66. The first kappa shape index (κ1) is 21.2. The van der Waals surface area contributed by atoms with Gasteiger partial charge in [-0.15, -0.1) is 0 Å². The molecule has 9 nitrogen and oxygen atoms in total. The van der Waals surface area contributed by atoms with Gasteiger partial charge in [0.2, 0.25) is 6.10 Å². The number of benzene rings is 2. The van der Waals surface area contributed by atoms with Crippen LogP contribution in [-0.4, -0.2) is 46.0 Å². The molecule has 0 aliphatic carbocycles. The molecule has 0 unspecified atom stereocenters. The first-order valence-electron chi connectivity index (χ1n) is 9.66. The Labute approximate surface area is 182 Å². The van der Waals surface area contributed by atoms with E-state index in [2.05, 4.69) is 4.74 Å². The van der Waals surface area contributed by atoms with Crippen LogP contribution in [0.5, 0.6) is 17.2 Å². The van der Waals surface area contributed by atoms with E-state index in [4.69, 9.17) is 23.4 Å². The number of methoxy groups -OCH3 is 3. The number of fused-ring (bicyclic) bond motifs is 3. The maximum absolute atomic E-state index is 12.9. The lowest BCUT2D eigenvalue weighted by Crippen LogP contribution is -2.31. The lowest BCUT2D eigenvalue weighted by molar-refractivity contribution is -0.148.